The summed E-state index contributed by atoms with van der Waals surface area (Å²) in [7, 11) is 3.53. The minimum absolute atomic E-state index is 0.399. The maximum absolute atomic E-state index is 5.32. The molecule has 1 unspecified atom stereocenters. The molecule has 0 heterocycles. The Hall–Kier alpha value is -0.500. The summed E-state index contributed by atoms with van der Waals surface area (Å²) in [5.74, 6) is 1.12. The van der Waals surface area contributed by atoms with E-state index in [-0.39, 0.29) is 0 Å². The van der Waals surface area contributed by atoms with Crippen LogP contribution in [0.4, 0.5) is 0 Å². The van der Waals surface area contributed by atoms with E-state index in [1.165, 1.54) is 19.3 Å². The van der Waals surface area contributed by atoms with Crippen LogP contribution in [0.25, 0.3) is 0 Å². The van der Waals surface area contributed by atoms with Crippen LogP contribution in [0.1, 0.15) is 32.1 Å². The van der Waals surface area contributed by atoms with E-state index < -0.39 is 0 Å². The van der Waals surface area contributed by atoms with Crippen molar-refractivity contribution < 1.29 is 9.47 Å². The van der Waals surface area contributed by atoms with Gasteiger partial charge in [0.2, 0.25) is 0 Å². The van der Waals surface area contributed by atoms with E-state index in [4.69, 9.17) is 9.47 Å². The van der Waals surface area contributed by atoms with E-state index in [1.807, 2.05) is 0 Å². The number of hydrogen-bond acceptors (Lipinski definition) is 2. The Kier molecular flexibility index (Phi) is 4.15. The van der Waals surface area contributed by atoms with Crippen molar-refractivity contribution in [1.29, 1.82) is 0 Å². The molecule has 70 valence electrons. The SMILES string of the molecule is COC1=CCC(OC)CCCC1. The molecular formula is C10H18O2. The summed E-state index contributed by atoms with van der Waals surface area (Å²) in [5.41, 5.74) is 0. The number of hydrogen-bond donors (Lipinski definition) is 0. The van der Waals surface area contributed by atoms with Crippen LogP contribution in [0.3, 0.4) is 0 Å². The molecule has 1 aliphatic rings. The summed E-state index contributed by atoms with van der Waals surface area (Å²) in [6.07, 6.45) is 8.30. The second-order valence-corrected chi connectivity index (χ2v) is 3.21. The average Bonchev–Trinajstić information content (AvgIpc) is 2.05. The first-order chi connectivity index (χ1) is 5.86. The van der Waals surface area contributed by atoms with Gasteiger partial charge < -0.3 is 9.47 Å². The van der Waals surface area contributed by atoms with Crippen molar-refractivity contribution in [2.24, 2.45) is 0 Å². The Labute approximate surface area is 74.6 Å². The monoisotopic (exact) mass is 170 g/mol. The van der Waals surface area contributed by atoms with Crippen LogP contribution in [0.5, 0.6) is 0 Å². The molecule has 2 heteroatoms. The highest BCUT2D eigenvalue weighted by Gasteiger charge is 2.09. The fraction of sp³-hybridized carbons (Fsp3) is 0.800. The van der Waals surface area contributed by atoms with Gasteiger partial charge in [0, 0.05) is 13.5 Å². The number of ether oxygens (including phenoxy) is 2. The van der Waals surface area contributed by atoms with Crippen molar-refractivity contribution in [2.45, 2.75) is 38.2 Å². The normalized spacial score (nSPS) is 25.5. The molecule has 0 spiro atoms. The fourth-order valence-corrected chi connectivity index (χ4v) is 1.55. The Morgan fingerprint density at radius 3 is 2.83 bits per heavy atom. The summed E-state index contributed by atoms with van der Waals surface area (Å²) in [5, 5.41) is 0. The third-order valence-corrected chi connectivity index (χ3v) is 2.40. The Morgan fingerprint density at radius 2 is 2.17 bits per heavy atom. The minimum Gasteiger partial charge on any atom is -0.501 e. The largest absolute Gasteiger partial charge is 0.501 e. The molecule has 12 heavy (non-hydrogen) atoms. The lowest BCUT2D eigenvalue weighted by Crippen LogP contribution is -2.11. The van der Waals surface area contributed by atoms with Gasteiger partial charge in [0.15, 0.2) is 0 Å². The van der Waals surface area contributed by atoms with E-state index in [2.05, 4.69) is 6.08 Å². The lowest BCUT2D eigenvalue weighted by molar-refractivity contribution is 0.0918. The highest BCUT2D eigenvalue weighted by Crippen LogP contribution is 2.18. The van der Waals surface area contributed by atoms with Gasteiger partial charge in [0.05, 0.1) is 19.0 Å². The molecule has 0 saturated carbocycles. The first-order valence-electron chi connectivity index (χ1n) is 4.62. The lowest BCUT2D eigenvalue weighted by Gasteiger charge is -2.17. The van der Waals surface area contributed by atoms with Gasteiger partial charge in [-0.2, -0.15) is 0 Å². The smallest absolute Gasteiger partial charge is 0.0916 e. The molecule has 2 nitrogen and oxygen atoms in total. The van der Waals surface area contributed by atoms with Crippen molar-refractivity contribution in [3.8, 4) is 0 Å². The highest BCUT2D eigenvalue weighted by molar-refractivity contribution is 4.95. The topological polar surface area (TPSA) is 18.5 Å². The number of methoxy groups -OCH3 is 2. The molecule has 0 N–H and O–H groups in total. The molecule has 0 aromatic rings. The van der Waals surface area contributed by atoms with Crippen LogP contribution in [0.15, 0.2) is 11.8 Å². The molecule has 0 aromatic carbocycles. The first kappa shape index (κ1) is 9.59. The molecule has 0 aromatic heterocycles. The van der Waals surface area contributed by atoms with Crippen molar-refractivity contribution in [3.05, 3.63) is 11.8 Å². The number of allylic oxidation sites excluding steroid dienone is 1. The van der Waals surface area contributed by atoms with Gasteiger partial charge >= 0.3 is 0 Å². The first-order valence-corrected chi connectivity index (χ1v) is 4.62. The predicted molar refractivity (Wildman–Crippen MR) is 49.0 cm³/mol. The van der Waals surface area contributed by atoms with Crippen molar-refractivity contribution in [1.82, 2.24) is 0 Å². The zero-order valence-corrected chi connectivity index (χ0v) is 8.01. The standard InChI is InChI=1S/C10H18O2/c1-11-9-5-3-4-6-10(12-2)8-7-9/h7,10H,3-6,8H2,1-2H3. The van der Waals surface area contributed by atoms with Crippen LogP contribution < -0.4 is 0 Å². The van der Waals surface area contributed by atoms with Crippen LogP contribution >= 0.6 is 0 Å². The lowest BCUT2D eigenvalue weighted by atomic mass is 10.0. The quantitative estimate of drug-likeness (QED) is 0.634. The van der Waals surface area contributed by atoms with Gasteiger partial charge in [-0.15, -0.1) is 0 Å². The van der Waals surface area contributed by atoms with E-state index in [9.17, 15) is 0 Å². The zero-order chi connectivity index (χ0) is 8.81. The minimum atomic E-state index is 0.399. The molecular weight excluding hydrogens is 152 g/mol. The van der Waals surface area contributed by atoms with Crippen molar-refractivity contribution in [2.75, 3.05) is 14.2 Å². The summed E-state index contributed by atoms with van der Waals surface area (Å²) >= 11 is 0. The Morgan fingerprint density at radius 1 is 1.33 bits per heavy atom. The average molecular weight is 170 g/mol. The summed E-state index contributed by atoms with van der Waals surface area (Å²) < 4.78 is 10.5. The summed E-state index contributed by atoms with van der Waals surface area (Å²) in [4.78, 5) is 0. The van der Waals surface area contributed by atoms with Crippen LogP contribution in [0.2, 0.25) is 0 Å². The van der Waals surface area contributed by atoms with Crippen LogP contribution in [-0.2, 0) is 9.47 Å². The van der Waals surface area contributed by atoms with Gasteiger partial charge in [-0.3, -0.25) is 0 Å². The second-order valence-electron chi connectivity index (χ2n) is 3.21. The van der Waals surface area contributed by atoms with E-state index >= 15 is 0 Å². The predicted octanol–water partition coefficient (Wildman–Crippen LogP) is 2.50. The molecule has 1 aliphatic carbocycles. The van der Waals surface area contributed by atoms with Crippen LogP contribution in [-0.4, -0.2) is 20.3 Å². The Balaban J connectivity index is 2.45. The third kappa shape index (κ3) is 2.86. The maximum Gasteiger partial charge on any atom is 0.0916 e. The van der Waals surface area contributed by atoms with E-state index in [1.54, 1.807) is 14.2 Å². The molecule has 1 atom stereocenters. The molecule has 0 saturated heterocycles. The van der Waals surface area contributed by atoms with Gasteiger partial charge in [0.1, 0.15) is 0 Å². The molecule has 0 amide bonds. The summed E-state index contributed by atoms with van der Waals surface area (Å²) in [6, 6.07) is 0. The molecule has 0 aliphatic heterocycles. The van der Waals surface area contributed by atoms with Gasteiger partial charge in [0.25, 0.3) is 0 Å². The zero-order valence-electron chi connectivity index (χ0n) is 8.01. The van der Waals surface area contributed by atoms with Crippen LogP contribution in [0, 0.1) is 0 Å². The summed E-state index contributed by atoms with van der Waals surface area (Å²) in [6.45, 7) is 0. The van der Waals surface area contributed by atoms with E-state index in [0.717, 1.165) is 18.6 Å². The maximum atomic E-state index is 5.32. The molecule has 1 rings (SSSR count). The third-order valence-electron chi connectivity index (χ3n) is 2.40. The Bertz CT molecular complexity index is 152. The van der Waals surface area contributed by atoms with Crippen molar-refractivity contribution >= 4 is 0 Å². The fourth-order valence-electron chi connectivity index (χ4n) is 1.55. The van der Waals surface area contributed by atoms with E-state index in [0.29, 0.717) is 6.10 Å². The van der Waals surface area contributed by atoms with Gasteiger partial charge in [-0.05, 0) is 25.3 Å². The molecule has 0 fully saturated rings. The second kappa shape index (κ2) is 5.20. The molecule has 0 bridgehead atoms. The van der Waals surface area contributed by atoms with Gasteiger partial charge in [-0.25, -0.2) is 0 Å². The number of rotatable bonds is 2. The van der Waals surface area contributed by atoms with Gasteiger partial charge in [-0.1, -0.05) is 6.42 Å². The molecule has 0 radical (unpaired) electrons. The van der Waals surface area contributed by atoms with Crippen molar-refractivity contribution in [3.63, 3.8) is 0 Å². The highest BCUT2D eigenvalue weighted by atomic mass is 16.5.